The number of anilines is 1. The minimum atomic E-state index is -0.227. The van der Waals surface area contributed by atoms with Crippen LogP contribution < -0.4 is 20.3 Å². The predicted molar refractivity (Wildman–Crippen MR) is 147 cm³/mol. The third-order valence-electron chi connectivity index (χ3n) is 6.02. The van der Waals surface area contributed by atoms with Crippen LogP contribution in [0.2, 0.25) is 10.0 Å². The van der Waals surface area contributed by atoms with E-state index in [1.807, 2.05) is 42.5 Å². The van der Waals surface area contributed by atoms with Gasteiger partial charge in [0.1, 0.15) is 11.5 Å². The van der Waals surface area contributed by atoms with E-state index < -0.39 is 0 Å². The number of carbonyl (C=O) groups excluding carboxylic acids is 1. The maximum Gasteiger partial charge on any atom is 0.315 e. The maximum absolute atomic E-state index is 12.7. The summed E-state index contributed by atoms with van der Waals surface area (Å²) in [4.78, 5) is 23.0. The van der Waals surface area contributed by atoms with Crippen LogP contribution in [0.25, 0.3) is 11.0 Å². The third kappa shape index (κ3) is 5.88. The Morgan fingerprint density at radius 2 is 2.00 bits per heavy atom. The molecular weight excluding hydrogens is 565 g/mol. The highest BCUT2D eigenvalue weighted by Crippen LogP contribution is 2.32. The zero-order valence-corrected chi connectivity index (χ0v) is 22.3. The van der Waals surface area contributed by atoms with E-state index in [1.165, 1.54) is 0 Å². The number of rotatable bonds is 6. The van der Waals surface area contributed by atoms with Crippen LogP contribution in [0.3, 0.4) is 0 Å². The number of ether oxygens (including phenoxy) is 1. The van der Waals surface area contributed by atoms with Gasteiger partial charge >= 0.3 is 6.03 Å². The second-order valence-corrected chi connectivity index (χ2v) is 10.3. The van der Waals surface area contributed by atoms with Gasteiger partial charge < -0.3 is 25.3 Å². The summed E-state index contributed by atoms with van der Waals surface area (Å²) >= 11 is 15.6. The lowest BCUT2D eigenvalue weighted by Crippen LogP contribution is -2.50. The number of nitrogens with zero attached hydrogens (tertiary/aromatic N) is 2. The molecule has 1 atom stereocenters. The molecule has 10 heteroatoms. The molecule has 36 heavy (non-hydrogen) atoms. The van der Waals surface area contributed by atoms with Crippen LogP contribution in [0.1, 0.15) is 18.4 Å². The van der Waals surface area contributed by atoms with E-state index >= 15 is 0 Å². The van der Waals surface area contributed by atoms with Crippen LogP contribution in [-0.4, -0.2) is 35.1 Å². The van der Waals surface area contributed by atoms with Gasteiger partial charge in [0.15, 0.2) is 0 Å². The normalized spacial score (nSPS) is 15.6. The van der Waals surface area contributed by atoms with Gasteiger partial charge in [-0.1, -0.05) is 57.3 Å². The fraction of sp³-hybridized carbons (Fsp3) is 0.231. The van der Waals surface area contributed by atoms with Gasteiger partial charge in [0.25, 0.3) is 0 Å². The first-order valence-corrected chi connectivity index (χ1v) is 13.1. The molecule has 2 amide bonds. The molecule has 1 aliphatic heterocycles. The summed E-state index contributed by atoms with van der Waals surface area (Å²) in [5.74, 6) is 2.00. The Hall–Kier alpha value is -2.94. The zero-order chi connectivity index (χ0) is 25.1. The Labute approximate surface area is 227 Å². The standard InChI is InChI=1S/C26H24BrCl2N5O2/c27-17-8-7-16(24(12-17)36-19-9-10-20(28)21(29)13-19)14-30-26(35)31-18-4-3-11-34(15-18)25-32-22-5-1-2-6-23(22)33-25/h1-2,5-10,12-13,18H,3-4,11,14-15H2,(H,32,33)(H2,30,31,35). The molecule has 1 unspecified atom stereocenters. The predicted octanol–water partition coefficient (Wildman–Crippen LogP) is 6.89. The Bertz CT molecular complexity index is 1360. The first-order valence-electron chi connectivity index (χ1n) is 11.6. The van der Waals surface area contributed by atoms with Crippen LogP contribution in [0.4, 0.5) is 10.7 Å². The summed E-state index contributed by atoms with van der Waals surface area (Å²) in [6.07, 6.45) is 1.88. The first kappa shape index (κ1) is 24.7. The van der Waals surface area contributed by atoms with Crippen molar-refractivity contribution in [2.75, 3.05) is 18.0 Å². The Morgan fingerprint density at radius 3 is 2.83 bits per heavy atom. The van der Waals surface area contributed by atoms with E-state index in [4.69, 9.17) is 32.9 Å². The summed E-state index contributed by atoms with van der Waals surface area (Å²) in [7, 11) is 0. The summed E-state index contributed by atoms with van der Waals surface area (Å²) < 4.78 is 6.89. The van der Waals surface area contributed by atoms with Crippen LogP contribution in [0, 0.1) is 0 Å². The molecule has 0 bridgehead atoms. The summed E-state index contributed by atoms with van der Waals surface area (Å²) in [6, 6.07) is 18.5. The van der Waals surface area contributed by atoms with Gasteiger partial charge in [0.2, 0.25) is 5.95 Å². The number of amides is 2. The zero-order valence-electron chi connectivity index (χ0n) is 19.2. The molecule has 1 saturated heterocycles. The number of aromatic amines is 1. The number of hydrogen-bond acceptors (Lipinski definition) is 4. The fourth-order valence-corrected chi connectivity index (χ4v) is 4.85. The number of nitrogens with one attached hydrogen (secondary N) is 3. The number of piperidine rings is 1. The minimum Gasteiger partial charge on any atom is -0.457 e. The second kappa shape index (κ2) is 11.0. The average Bonchev–Trinajstić information content (AvgIpc) is 3.31. The van der Waals surface area contributed by atoms with E-state index in [9.17, 15) is 4.79 Å². The smallest absolute Gasteiger partial charge is 0.315 e. The van der Waals surface area contributed by atoms with E-state index in [1.54, 1.807) is 18.2 Å². The van der Waals surface area contributed by atoms with Crippen molar-refractivity contribution >= 4 is 62.1 Å². The number of halogens is 3. The van der Waals surface area contributed by atoms with Crippen LogP contribution in [-0.2, 0) is 6.54 Å². The van der Waals surface area contributed by atoms with Gasteiger partial charge in [-0.05, 0) is 49.2 Å². The molecule has 0 radical (unpaired) electrons. The minimum absolute atomic E-state index is 0.0174. The molecule has 3 aromatic carbocycles. The van der Waals surface area contributed by atoms with Gasteiger partial charge in [-0.3, -0.25) is 0 Å². The van der Waals surface area contributed by atoms with E-state index in [2.05, 4.69) is 36.4 Å². The van der Waals surface area contributed by atoms with Crippen molar-refractivity contribution in [1.82, 2.24) is 20.6 Å². The van der Waals surface area contributed by atoms with Crippen molar-refractivity contribution in [3.63, 3.8) is 0 Å². The number of para-hydroxylation sites is 2. The highest BCUT2D eigenvalue weighted by atomic mass is 79.9. The van der Waals surface area contributed by atoms with Gasteiger partial charge in [0.05, 0.1) is 21.1 Å². The molecule has 0 spiro atoms. The van der Waals surface area contributed by atoms with Crippen molar-refractivity contribution in [2.24, 2.45) is 0 Å². The van der Waals surface area contributed by atoms with Crippen LogP contribution in [0.15, 0.2) is 65.1 Å². The fourth-order valence-electron chi connectivity index (χ4n) is 4.23. The first-order chi connectivity index (χ1) is 17.4. The molecule has 3 N–H and O–H groups in total. The van der Waals surface area contributed by atoms with Crippen LogP contribution in [0.5, 0.6) is 11.5 Å². The van der Waals surface area contributed by atoms with E-state index in [0.29, 0.717) is 34.6 Å². The summed E-state index contributed by atoms with van der Waals surface area (Å²) in [5.41, 5.74) is 2.77. The molecule has 0 saturated carbocycles. The molecule has 1 aliphatic rings. The Kier molecular flexibility index (Phi) is 7.55. The largest absolute Gasteiger partial charge is 0.457 e. The number of aromatic nitrogens is 2. The topological polar surface area (TPSA) is 82.3 Å². The van der Waals surface area contributed by atoms with Crippen molar-refractivity contribution in [2.45, 2.75) is 25.4 Å². The molecular formula is C26H24BrCl2N5O2. The van der Waals surface area contributed by atoms with Gasteiger partial charge in [0, 0.05) is 41.8 Å². The molecule has 1 aromatic heterocycles. The monoisotopic (exact) mass is 587 g/mol. The maximum atomic E-state index is 12.7. The lowest BCUT2D eigenvalue weighted by Gasteiger charge is -2.32. The molecule has 0 aliphatic carbocycles. The lowest BCUT2D eigenvalue weighted by atomic mass is 10.1. The number of fused-ring (bicyclic) bond motifs is 1. The van der Waals surface area contributed by atoms with Crippen molar-refractivity contribution < 1.29 is 9.53 Å². The van der Waals surface area contributed by atoms with Crippen molar-refractivity contribution in [1.29, 1.82) is 0 Å². The second-order valence-electron chi connectivity index (χ2n) is 8.62. The summed E-state index contributed by atoms with van der Waals surface area (Å²) in [5, 5.41) is 6.92. The van der Waals surface area contributed by atoms with Crippen molar-refractivity contribution in [3.8, 4) is 11.5 Å². The van der Waals surface area contributed by atoms with Crippen LogP contribution >= 0.6 is 39.1 Å². The number of H-pyrrole nitrogens is 1. The van der Waals surface area contributed by atoms with Gasteiger partial charge in [-0.25, -0.2) is 9.78 Å². The molecule has 7 nitrogen and oxygen atoms in total. The molecule has 4 aromatic rings. The summed E-state index contributed by atoms with van der Waals surface area (Å²) in [6.45, 7) is 1.89. The Balaban J connectivity index is 1.19. The average molecular weight is 589 g/mol. The quantitative estimate of drug-likeness (QED) is 0.229. The molecule has 186 valence electrons. The lowest BCUT2D eigenvalue weighted by molar-refractivity contribution is 0.234. The molecule has 1 fully saturated rings. The van der Waals surface area contributed by atoms with E-state index in [0.717, 1.165) is 46.4 Å². The SMILES string of the molecule is O=C(NCc1ccc(Br)cc1Oc1ccc(Cl)c(Cl)c1)NC1CCCN(c2nc3ccccc3[nH]2)C1. The number of hydrogen-bond donors (Lipinski definition) is 3. The number of imidazole rings is 1. The number of carbonyl (C=O) groups is 1. The molecule has 5 rings (SSSR count). The number of benzene rings is 3. The molecule has 2 heterocycles. The Morgan fingerprint density at radius 1 is 1.14 bits per heavy atom. The van der Waals surface area contributed by atoms with Gasteiger partial charge in [-0.2, -0.15) is 0 Å². The van der Waals surface area contributed by atoms with Crippen molar-refractivity contribution in [3.05, 3.63) is 80.7 Å². The van der Waals surface area contributed by atoms with Gasteiger partial charge in [-0.15, -0.1) is 0 Å². The third-order valence-corrected chi connectivity index (χ3v) is 7.25. The van der Waals surface area contributed by atoms with E-state index in [-0.39, 0.29) is 12.1 Å². The highest BCUT2D eigenvalue weighted by molar-refractivity contribution is 9.10. The highest BCUT2D eigenvalue weighted by Gasteiger charge is 2.23. The number of urea groups is 1.